The van der Waals surface area contributed by atoms with Crippen molar-refractivity contribution in [3.63, 3.8) is 0 Å². The highest BCUT2D eigenvalue weighted by Crippen LogP contribution is 2.30. The molecule has 0 unspecified atom stereocenters. The van der Waals surface area contributed by atoms with E-state index in [-0.39, 0.29) is 18.4 Å². The van der Waals surface area contributed by atoms with Gasteiger partial charge in [0, 0.05) is 18.0 Å². The molecule has 0 aliphatic carbocycles. The number of ether oxygens (including phenoxy) is 1. The fraction of sp³-hybridized carbons (Fsp3) is 0.333. The molecule has 2 amide bonds. The normalized spacial score (nSPS) is 9.78. The van der Waals surface area contributed by atoms with Crippen molar-refractivity contribution in [1.82, 2.24) is 5.32 Å². The van der Waals surface area contributed by atoms with Crippen LogP contribution < -0.4 is 15.4 Å². The minimum atomic E-state index is -0.328. The van der Waals surface area contributed by atoms with Gasteiger partial charge in [0.25, 0.3) is 0 Å². The van der Waals surface area contributed by atoms with E-state index in [0.29, 0.717) is 16.5 Å². The zero-order chi connectivity index (χ0) is 13.7. The molecule has 18 heavy (non-hydrogen) atoms. The van der Waals surface area contributed by atoms with Crippen molar-refractivity contribution in [2.24, 2.45) is 0 Å². The molecule has 0 aromatic heterocycles. The number of nitrogens with one attached hydrogen (secondary N) is 2. The first-order valence-electron chi connectivity index (χ1n) is 5.32. The maximum Gasteiger partial charge on any atom is 0.243 e. The summed E-state index contributed by atoms with van der Waals surface area (Å²) in [5.74, 6) is -0.114. The van der Waals surface area contributed by atoms with Gasteiger partial charge < -0.3 is 15.4 Å². The third-order valence-corrected chi connectivity index (χ3v) is 2.66. The highest BCUT2D eigenvalue weighted by Gasteiger charge is 2.10. The third kappa shape index (κ3) is 3.92. The van der Waals surface area contributed by atoms with Crippen LogP contribution in [0.1, 0.15) is 12.5 Å². The maximum absolute atomic E-state index is 11.6. The lowest BCUT2D eigenvalue weighted by atomic mass is 10.2. The van der Waals surface area contributed by atoms with Gasteiger partial charge in [0.1, 0.15) is 5.75 Å². The zero-order valence-electron chi connectivity index (χ0n) is 10.5. The lowest BCUT2D eigenvalue weighted by molar-refractivity contribution is -0.122. The number of carbonyl (C=O) groups is 2. The first kappa shape index (κ1) is 14.3. The molecule has 1 rings (SSSR count). The van der Waals surface area contributed by atoms with E-state index in [9.17, 15) is 9.59 Å². The molecule has 98 valence electrons. The average molecular weight is 271 g/mol. The first-order valence-corrected chi connectivity index (χ1v) is 5.70. The molecular formula is C12H15ClN2O3. The number of benzene rings is 1. The molecule has 5 nitrogen and oxygen atoms in total. The van der Waals surface area contributed by atoms with Crippen LogP contribution in [-0.2, 0) is 9.59 Å². The average Bonchev–Trinajstić information content (AvgIpc) is 2.31. The number of methoxy groups -OCH3 is 1. The summed E-state index contributed by atoms with van der Waals surface area (Å²) in [5.41, 5.74) is 1.35. The van der Waals surface area contributed by atoms with Crippen molar-refractivity contribution in [3.05, 3.63) is 22.7 Å². The summed E-state index contributed by atoms with van der Waals surface area (Å²) in [6, 6.07) is 3.34. The summed E-state index contributed by atoms with van der Waals surface area (Å²) in [7, 11) is 1.49. The smallest absolute Gasteiger partial charge is 0.243 e. The summed E-state index contributed by atoms with van der Waals surface area (Å²) in [5, 5.41) is 5.62. The van der Waals surface area contributed by atoms with E-state index in [0.717, 1.165) is 5.56 Å². The lowest BCUT2D eigenvalue weighted by Crippen LogP contribution is -2.31. The van der Waals surface area contributed by atoms with E-state index in [1.165, 1.54) is 14.0 Å². The Kier molecular flexibility index (Phi) is 4.97. The minimum absolute atomic E-state index is 0.0832. The number of anilines is 1. The molecule has 1 aromatic carbocycles. The molecule has 0 aliphatic heterocycles. The van der Waals surface area contributed by atoms with Crippen LogP contribution >= 0.6 is 11.6 Å². The van der Waals surface area contributed by atoms with E-state index in [1.807, 2.05) is 6.92 Å². The van der Waals surface area contributed by atoms with Gasteiger partial charge in [0.15, 0.2) is 0 Å². The largest absolute Gasteiger partial charge is 0.495 e. The maximum atomic E-state index is 11.6. The van der Waals surface area contributed by atoms with Gasteiger partial charge in [-0.25, -0.2) is 0 Å². The highest BCUT2D eigenvalue weighted by molar-refractivity contribution is 6.31. The van der Waals surface area contributed by atoms with Crippen molar-refractivity contribution in [2.75, 3.05) is 19.0 Å². The quantitative estimate of drug-likeness (QED) is 0.876. The van der Waals surface area contributed by atoms with Gasteiger partial charge in [-0.1, -0.05) is 11.6 Å². The molecule has 6 heteroatoms. The monoisotopic (exact) mass is 270 g/mol. The zero-order valence-corrected chi connectivity index (χ0v) is 11.2. The minimum Gasteiger partial charge on any atom is -0.495 e. The van der Waals surface area contributed by atoms with Crippen molar-refractivity contribution in [1.29, 1.82) is 0 Å². The SMILES string of the molecule is COc1cc(Cl)c(C)cc1NC(=O)CNC(C)=O. The second kappa shape index (κ2) is 6.26. The van der Waals surface area contributed by atoms with E-state index in [2.05, 4.69) is 10.6 Å². The Hall–Kier alpha value is -1.75. The number of aryl methyl sites for hydroxylation is 1. The molecule has 0 saturated heterocycles. The van der Waals surface area contributed by atoms with Crippen molar-refractivity contribution >= 4 is 29.1 Å². The summed E-state index contributed by atoms with van der Waals surface area (Å²) >= 11 is 5.95. The van der Waals surface area contributed by atoms with E-state index < -0.39 is 0 Å². The third-order valence-electron chi connectivity index (χ3n) is 2.25. The molecule has 0 saturated carbocycles. The second-order valence-corrected chi connectivity index (χ2v) is 4.17. The van der Waals surface area contributed by atoms with E-state index in [1.54, 1.807) is 12.1 Å². The van der Waals surface area contributed by atoms with Crippen LogP contribution in [0.2, 0.25) is 5.02 Å². The Labute approximate surface area is 110 Å². The highest BCUT2D eigenvalue weighted by atomic mass is 35.5. The number of halogens is 1. The first-order chi connectivity index (χ1) is 8.43. The lowest BCUT2D eigenvalue weighted by Gasteiger charge is -2.12. The Morgan fingerprint density at radius 2 is 2.06 bits per heavy atom. The Morgan fingerprint density at radius 1 is 1.39 bits per heavy atom. The van der Waals surface area contributed by atoms with Crippen LogP contribution in [0.3, 0.4) is 0 Å². The van der Waals surface area contributed by atoms with Gasteiger partial charge in [-0.15, -0.1) is 0 Å². The topological polar surface area (TPSA) is 67.4 Å². The van der Waals surface area contributed by atoms with Gasteiger partial charge >= 0.3 is 0 Å². The van der Waals surface area contributed by atoms with E-state index >= 15 is 0 Å². The van der Waals surface area contributed by atoms with Gasteiger partial charge in [-0.2, -0.15) is 0 Å². The summed E-state index contributed by atoms with van der Waals surface area (Å²) in [4.78, 5) is 22.3. The molecule has 0 atom stereocenters. The Morgan fingerprint density at radius 3 is 2.61 bits per heavy atom. The Balaban J connectivity index is 2.80. The van der Waals surface area contributed by atoms with Crippen LogP contribution in [0, 0.1) is 6.92 Å². The predicted molar refractivity (Wildman–Crippen MR) is 70.1 cm³/mol. The van der Waals surface area contributed by atoms with Crippen molar-refractivity contribution in [3.8, 4) is 5.75 Å². The summed E-state index contributed by atoms with van der Waals surface area (Å²) < 4.78 is 5.12. The molecule has 0 radical (unpaired) electrons. The van der Waals surface area contributed by atoms with Crippen LogP contribution in [0.15, 0.2) is 12.1 Å². The molecule has 0 fully saturated rings. The van der Waals surface area contributed by atoms with Crippen LogP contribution in [0.25, 0.3) is 0 Å². The van der Waals surface area contributed by atoms with Crippen LogP contribution in [0.5, 0.6) is 5.75 Å². The number of amides is 2. The predicted octanol–water partition coefficient (Wildman–Crippen LogP) is 1.73. The molecule has 0 aliphatic rings. The summed E-state index contributed by atoms with van der Waals surface area (Å²) in [6.07, 6.45) is 0. The van der Waals surface area contributed by atoms with Gasteiger partial charge in [0.05, 0.1) is 19.3 Å². The van der Waals surface area contributed by atoms with Crippen molar-refractivity contribution < 1.29 is 14.3 Å². The number of rotatable bonds is 4. The van der Waals surface area contributed by atoms with Crippen LogP contribution in [0.4, 0.5) is 5.69 Å². The molecule has 0 heterocycles. The number of carbonyl (C=O) groups excluding carboxylic acids is 2. The fourth-order valence-corrected chi connectivity index (χ4v) is 1.48. The van der Waals surface area contributed by atoms with Gasteiger partial charge in [-0.05, 0) is 18.6 Å². The standard InChI is InChI=1S/C12H15ClN2O3/c1-7-4-10(11(18-3)5-9(7)13)15-12(17)6-14-8(2)16/h4-5H,6H2,1-3H3,(H,14,16)(H,15,17). The Bertz CT molecular complexity index is 475. The summed E-state index contributed by atoms with van der Waals surface area (Å²) in [6.45, 7) is 3.09. The van der Waals surface area contributed by atoms with Gasteiger partial charge in [0.2, 0.25) is 11.8 Å². The van der Waals surface area contributed by atoms with Gasteiger partial charge in [-0.3, -0.25) is 9.59 Å². The molecule has 1 aromatic rings. The number of hydrogen-bond donors (Lipinski definition) is 2. The fourth-order valence-electron chi connectivity index (χ4n) is 1.33. The van der Waals surface area contributed by atoms with Crippen molar-refractivity contribution in [2.45, 2.75) is 13.8 Å². The van der Waals surface area contributed by atoms with E-state index in [4.69, 9.17) is 16.3 Å². The molecule has 0 bridgehead atoms. The van der Waals surface area contributed by atoms with Crippen LogP contribution in [-0.4, -0.2) is 25.5 Å². The molecule has 0 spiro atoms. The number of hydrogen-bond acceptors (Lipinski definition) is 3. The molecule has 2 N–H and O–H groups in total. The molecular weight excluding hydrogens is 256 g/mol. The second-order valence-electron chi connectivity index (χ2n) is 3.76.